The van der Waals surface area contributed by atoms with Crippen LogP contribution in [0.15, 0.2) is 60.8 Å². The molecule has 0 spiro atoms. The maximum Gasteiger partial charge on any atom is 0.0890 e. The van der Waals surface area contributed by atoms with E-state index in [0.29, 0.717) is 0 Å². The molecule has 0 unspecified atom stereocenters. The molecular formula is C18H18N2. The van der Waals surface area contributed by atoms with Crippen LogP contribution in [-0.2, 0) is 11.8 Å². The number of benzene rings is 2. The molecule has 0 amide bonds. The second-order valence-electron chi connectivity index (χ2n) is 5.79. The van der Waals surface area contributed by atoms with E-state index in [1.807, 2.05) is 36.5 Å². The molecule has 2 heteroatoms. The zero-order chi connectivity index (χ0) is 14.0. The highest BCUT2D eigenvalue weighted by Crippen LogP contribution is 2.26. The van der Waals surface area contributed by atoms with Gasteiger partial charge in [0.15, 0.2) is 0 Å². The molecule has 0 aliphatic heterocycles. The minimum atomic E-state index is -0.0294. The van der Waals surface area contributed by atoms with E-state index < -0.39 is 0 Å². The quantitative estimate of drug-likeness (QED) is 0.708. The molecule has 0 saturated heterocycles. The first-order valence-electron chi connectivity index (χ1n) is 6.91. The van der Waals surface area contributed by atoms with Crippen LogP contribution in [0.3, 0.4) is 0 Å². The molecule has 0 N–H and O–H groups in total. The summed E-state index contributed by atoms with van der Waals surface area (Å²) >= 11 is 0. The SMILES string of the molecule is CC(C)(Cc1ccccc1)c1cnc2ccccc2n1. The maximum absolute atomic E-state index is 4.78. The van der Waals surface area contributed by atoms with Crippen LogP contribution < -0.4 is 0 Å². The van der Waals surface area contributed by atoms with Gasteiger partial charge in [0.1, 0.15) is 0 Å². The Morgan fingerprint density at radius 3 is 2.25 bits per heavy atom. The van der Waals surface area contributed by atoms with Crippen molar-refractivity contribution in [1.82, 2.24) is 9.97 Å². The second kappa shape index (κ2) is 5.04. The summed E-state index contributed by atoms with van der Waals surface area (Å²) in [4.78, 5) is 9.31. The van der Waals surface area contributed by atoms with Gasteiger partial charge in [0.05, 0.1) is 16.7 Å². The molecule has 2 nitrogen and oxygen atoms in total. The first kappa shape index (κ1) is 12.8. The van der Waals surface area contributed by atoms with Crippen LogP contribution in [0.4, 0.5) is 0 Å². The van der Waals surface area contributed by atoms with Crippen LogP contribution in [0.2, 0.25) is 0 Å². The van der Waals surface area contributed by atoms with Gasteiger partial charge in [-0.2, -0.15) is 0 Å². The smallest absolute Gasteiger partial charge is 0.0890 e. The number of rotatable bonds is 3. The lowest BCUT2D eigenvalue weighted by atomic mass is 9.83. The Kier molecular flexibility index (Phi) is 3.23. The summed E-state index contributed by atoms with van der Waals surface area (Å²) in [6.45, 7) is 4.44. The Labute approximate surface area is 119 Å². The molecule has 0 atom stereocenters. The Hall–Kier alpha value is -2.22. The van der Waals surface area contributed by atoms with Crippen molar-refractivity contribution in [3.05, 3.63) is 72.1 Å². The van der Waals surface area contributed by atoms with Gasteiger partial charge in [-0.1, -0.05) is 56.3 Å². The Bertz CT molecular complexity index is 718. The number of hydrogen-bond acceptors (Lipinski definition) is 2. The highest BCUT2D eigenvalue weighted by molar-refractivity contribution is 5.73. The van der Waals surface area contributed by atoms with Gasteiger partial charge >= 0.3 is 0 Å². The van der Waals surface area contributed by atoms with Crippen molar-refractivity contribution < 1.29 is 0 Å². The van der Waals surface area contributed by atoms with Gasteiger partial charge in [-0.25, -0.2) is 4.98 Å². The number of hydrogen-bond donors (Lipinski definition) is 0. The number of para-hydroxylation sites is 2. The van der Waals surface area contributed by atoms with Crippen molar-refractivity contribution in [3.63, 3.8) is 0 Å². The second-order valence-corrected chi connectivity index (χ2v) is 5.79. The topological polar surface area (TPSA) is 25.8 Å². The van der Waals surface area contributed by atoms with Crippen LogP contribution in [0, 0.1) is 0 Å². The molecule has 0 saturated carbocycles. The standard InChI is InChI=1S/C18H18N2/c1-18(2,12-14-8-4-3-5-9-14)17-13-19-15-10-6-7-11-16(15)20-17/h3-11,13H,12H2,1-2H3. The zero-order valence-corrected chi connectivity index (χ0v) is 11.9. The molecule has 1 aromatic heterocycles. The van der Waals surface area contributed by atoms with E-state index >= 15 is 0 Å². The van der Waals surface area contributed by atoms with Crippen molar-refractivity contribution in [3.8, 4) is 0 Å². The van der Waals surface area contributed by atoms with Crippen LogP contribution in [-0.4, -0.2) is 9.97 Å². The first-order chi connectivity index (χ1) is 9.65. The minimum Gasteiger partial charge on any atom is -0.253 e. The highest BCUT2D eigenvalue weighted by atomic mass is 14.8. The molecule has 0 fully saturated rings. The predicted octanol–water partition coefficient (Wildman–Crippen LogP) is 4.15. The van der Waals surface area contributed by atoms with Crippen molar-refractivity contribution in [2.45, 2.75) is 25.7 Å². The summed E-state index contributed by atoms with van der Waals surface area (Å²) < 4.78 is 0. The van der Waals surface area contributed by atoms with Crippen molar-refractivity contribution >= 4 is 11.0 Å². The fourth-order valence-electron chi connectivity index (χ4n) is 2.48. The number of fused-ring (bicyclic) bond motifs is 1. The van der Waals surface area contributed by atoms with Crippen molar-refractivity contribution in [2.75, 3.05) is 0 Å². The first-order valence-corrected chi connectivity index (χ1v) is 6.91. The molecule has 0 aliphatic rings. The van der Waals surface area contributed by atoms with Gasteiger partial charge in [0, 0.05) is 11.6 Å². The third kappa shape index (κ3) is 2.55. The molecule has 100 valence electrons. The normalized spacial score (nSPS) is 11.7. The predicted molar refractivity (Wildman–Crippen MR) is 82.7 cm³/mol. The van der Waals surface area contributed by atoms with Crippen LogP contribution in [0.1, 0.15) is 25.1 Å². The molecule has 0 radical (unpaired) electrons. The van der Waals surface area contributed by atoms with Crippen molar-refractivity contribution in [2.24, 2.45) is 0 Å². The Balaban J connectivity index is 1.96. The summed E-state index contributed by atoms with van der Waals surface area (Å²) in [5, 5.41) is 0. The van der Waals surface area contributed by atoms with Gasteiger partial charge in [-0.3, -0.25) is 4.98 Å². The molecule has 1 heterocycles. The van der Waals surface area contributed by atoms with Gasteiger partial charge in [-0.15, -0.1) is 0 Å². The molecule has 0 aliphatic carbocycles. The number of aromatic nitrogens is 2. The van der Waals surface area contributed by atoms with E-state index in [1.165, 1.54) is 5.56 Å². The van der Waals surface area contributed by atoms with E-state index in [1.54, 1.807) is 0 Å². The monoisotopic (exact) mass is 262 g/mol. The van der Waals surface area contributed by atoms with E-state index in [2.05, 4.69) is 43.1 Å². The van der Waals surface area contributed by atoms with E-state index in [0.717, 1.165) is 23.1 Å². The summed E-state index contributed by atoms with van der Waals surface area (Å²) in [5.74, 6) is 0. The lowest BCUT2D eigenvalue weighted by Crippen LogP contribution is -2.22. The molecule has 20 heavy (non-hydrogen) atoms. The molecular weight excluding hydrogens is 244 g/mol. The Morgan fingerprint density at radius 1 is 0.850 bits per heavy atom. The van der Waals surface area contributed by atoms with Crippen LogP contribution >= 0.6 is 0 Å². The summed E-state index contributed by atoms with van der Waals surface area (Å²) in [6, 6.07) is 18.5. The third-order valence-corrected chi connectivity index (χ3v) is 3.63. The summed E-state index contributed by atoms with van der Waals surface area (Å²) in [6.07, 6.45) is 2.87. The molecule has 3 aromatic rings. The zero-order valence-electron chi connectivity index (χ0n) is 11.9. The summed E-state index contributed by atoms with van der Waals surface area (Å²) in [7, 11) is 0. The lowest BCUT2D eigenvalue weighted by molar-refractivity contribution is 0.505. The van der Waals surface area contributed by atoms with Gasteiger partial charge in [0.2, 0.25) is 0 Å². The van der Waals surface area contributed by atoms with Gasteiger partial charge in [-0.05, 0) is 24.1 Å². The number of nitrogens with zero attached hydrogens (tertiary/aromatic N) is 2. The van der Waals surface area contributed by atoms with Crippen molar-refractivity contribution in [1.29, 1.82) is 0 Å². The lowest BCUT2D eigenvalue weighted by Gasteiger charge is -2.24. The van der Waals surface area contributed by atoms with Gasteiger partial charge < -0.3 is 0 Å². The highest BCUT2D eigenvalue weighted by Gasteiger charge is 2.23. The van der Waals surface area contributed by atoms with E-state index in [-0.39, 0.29) is 5.41 Å². The van der Waals surface area contributed by atoms with Crippen LogP contribution in [0.5, 0.6) is 0 Å². The Morgan fingerprint density at radius 2 is 1.50 bits per heavy atom. The fraction of sp³-hybridized carbons (Fsp3) is 0.222. The average Bonchev–Trinajstić information content (AvgIpc) is 2.47. The molecule has 2 aromatic carbocycles. The molecule has 0 bridgehead atoms. The average molecular weight is 262 g/mol. The summed E-state index contributed by atoms with van der Waals surface area (Å²) in [5.41, 5.74) is 4.25. The minimum absolute atomic E-state index is 0.0294. The fourth-order valence-corrected chi connectivity index (χ4v) is 2.48. The van der Waals surface area contributed by atoms with E-state index in [4.69, 9.17) is 4.98 Å². The van der Waals surface area contributed by atoms with Crippen LogP contribution in [0.25, 0.3) is 11.0 Å². The third-order valence-electron chi connectivity index (χ3n) is 3.63. The largest absolute Gasteiger partial charge is 0.253 e. The maximum atomic E-state index is 4.78. The van der Waals surface area contributed by atoms with Gasteiger partial charge in [0.25, 0.3) is 0 Å². The van der Waals surface area contributed by atoms with E-state index in [9.17, 15) is 0 Å². The molecule has 3 rings (SSSR count).